The van der Waals surface area contributed by atoms with Gasteiger partial charge in [0, 0.05) is 61.6 Å². The zero-order valence-electron chi connectivity index (χ0n) is 62.7. The molecule has 0 N–H and O–H groups in total. The molecule has 6 aromatic carbocycles. The highest BCUT2D eigenvalue weighted by Crippen LogP contribution is 2.44. The van der Waals surface area contributed by atoms with Crippen LogP contribution in [0.3, 0.4) is 0 Å². The fraction of sp³-hybridized carbons (Fsp3) is 0.500. The number of nitriles is 2. The highest BCUT2D eigenvalue weighted by Gasteiger charge is 2.46. The molecule has 7 aromatic rings. The largest absolute Gasteiger partial charge is 0.493 e. The Kier molecular flexibility index (Phi) is 31.4. The normalized spacial score (nSPS) is 16.4. The molecule has 4 atom stereocenters. The van der Waals surface area contributed by atoms with E-state index in [1.165, 1.54) is 23.1 Å². The van der Waals surface area contributed by atoms with E-state index in [2.05, 4.69) is 122 Å². The van der Waals surface area contributed by atoms with Crippen LogP contribution in [0.5, 0.6) is 51.7 Å². The van der Waals surface area contributed by atoms with Gasteiger partial charge in [-0.15, -0.1) is 0 Å². The number of hydrogen-bond donors (Lipinski definition) is 0. The molecule has 552 valence electrons. The van der Waals surface area contributed by atoms with Crippen LogP contribution in [0.25, 0.3) is 0 Å². The predicted octanol–water partition coefficient (Wildman–Crippen LogP) is 14.6. The SMILES string of the molecule is CC(C)N1CCN(c2ccc(OC[C@H]3CO[C@](Cn4cncn4)(c4ccc(Cl)cc4Cl)O3)cc2)CC1.COc1ccc(CCN(C)CCCC(C#N)(c2ccc(OC)c(OC)c2)C(C)C)cc1OC.COc1ccc(CCN(C)CCCC(C#N)(c2ccc(OC)c(OC)c2)C(C)C)cc1OC. The van der Waals surface area contributed by atoms with Crippen molar-refractivity contribution < 1.29 is 52.1 Å². The molecule has 0 amide bonds. The van der Waals surface area contributed by atoms with Crippen LogP contribution in [0.2, 0.25) is 10.0 Å². The maximum absolute atomic E-state index is 10.2. The lowest BCUT2D eigenvalue weighted by molar-refractivity contribution is -0.190. The van der Waals surface area contributed by atoms with E-state index in [4.69, 9.17) is 75.3 Å². The highest BCUT2D eigenvalue weighted by atomic mass is 35.5. The molecule has 9 rings (SSSR count). The van der Waals surface area contributed by atoms with Crippen LogP contribution in [-0.4, -0.2) is 178 Å². The van der Waals surface area contributed by atoms with E-state index in [-0.39, 0.29) is 17.9 Å². The molecule has 0 radical (unpaired) electrons. The molecule has 2 unspecified atom stereocenters. The summed E-state index contributed by atoms with van der Waals surface area (Å²) in [6, 6.07) is 43.2. The van der Waals surface area contributed by atoms with E-state index in [9.17, 15) is 10.5 Å². The number of rotatable bonds is 34. The van der Waals surface area contributed by atoms with E-state index >= 15 is 0 Å². The summed E-state index contributed by atoms with van der Waals surface area (Å²) >= 11 is 12.7. The lowest BCUT2D eigenvalue weighted by Gasteiger charge is -2.38. The second-order valence-corrected chi connectivity index (χ2v) is 27.6. The Morgan fingerprint density at radius 3 is 1.44 bits per heavy atom. The molecule has 0 aliphatic carbocycles. The first-order valence-corrected chi connectivity index (χ1v) is 35.7. The van der Waals surface area contributed by atoms with Crippen molar-refractivity contribution in [3.8, 4) is 63.9 Å². The molecule has 2 aliphatic heterocycles. The molecular weight excluding hydrogens is 1330 g/mol. The summed E-state index contributed by atoms with van der Waals surface area (Å²) in [6.45, 7) is 21.9. The third kappa shape index (κ3) is 21.2. The standard InChI is InChI=1S/2C27H38N2O4.C26H31Cl2N5O3/c2*1-20(2)27(19-28,22-10-12-24(31-5)26(18-22)33-7)14-8-15-29(3)16-13-21-9-11-23(30-4)25(17-21)32-6;1-19(2)31-9-11-32(12-10-31)21-4-6-22(7-5-21)34-14-23-15-35-26(36-23,16-33-18-29-17-30-33)24-8-3-20(27)13-25(24)28/h2*9-12,17-18,20H,8,13-16H2,1-7H3;3-8,13,17-19,23H,9-12,14-16H2,1-2H3/t;;23-,26-/m..0/s1. The van der Waals surface area contributed by atoms with Gasteiger partial charge in [-0.05, 0) is 199 Å². The van der Waals surface area contributed by atoms with Gasteiger partial charge in [-0.3, -0.25) is 4.90 Å². The molecule has 2 aliphatic rings. The second kappa shape index (κ2) is 39.5. The van der Waals surface area contributed by atoms with Crippen molar-refractivity contribution >= 4 is 28.9 Å². The number of piperazine rings is 1. The van der Waals surface area contributed by atoms with Crippen molar-refractivity contribution in [2.24, 2.45) is 11.8 Å². The molecule has 1 aromatic heterocycles. The molecule has 0 spiro atoms. The summed E-state index contributed by atoms with van der Waals surface area (Å²) in [6.07, 6.45) is 8.02. The molecule has 2 saturated heterocycles. The number of nitrogens with zero attached hydrogens (tertiary/aromatic N) is 9. The van der Waals surface area contributed by atoms with Crippen LogP contribution in [0.4, 0.5) is 5.69 Å². The third-order valence-corrected chi connectivity index (χ3v) is 20.1. The molecule has 0 saturated carbocycles. The lowest BCUT2D eigenvalue weighted by Crippen LogP contribution is -2.48. The summed E-state index contributed by atoms with van der Waals surface area (Å²) in [5, 5.41) is 25.7. The van der Waals surface area contributed by atoms with Gasteiger partial charge >= 0.3 is 0 Å². The number of likely N-dealkylation sites (N-methyl/N-ethyl adjacent to an activating group) is 2. The summed E-state index contributed by atoms with van der Waals surface area (Å²) in [4.78, 5) is 13.6. The number of aromatic nitrogens is 3. The van der Waals surface area contributed by atoms with Gasteiger partial charge in [0.05, 0.1) is 91.5 Å². The first-order valence-electron chi connectivity index (χ1n) is 35.0. The van der Waals surface area contributed by atoms with E-state index in [1.54, 1.807) is 80.0 Å². The minimum Gasteiger partial charge on any atom is -0.493 e. The minimum atomic E-state index is -1.12. The van der Waals surface area contributed by atoms with E-state index in [1.807, 2.05) is 78.9 Å². The summed E-state index contributed by atoms with van der Waals surface area (Å²) < 4.78 is 63.5. The van der Waals surface area contributed by atoms with Crippen molar-refractivity contribution in [1.29, 1.82) is 10.5 Å². The molecule has 22 heteroatoms. The number of methoxy groups -OCH3 is 8. The van der Waals surface area contributed by atoms with Crippen molar-refractivity contribution in [2.75, 3.05) is 141 Å². The van der Waals surface area contributed by atoms with Crippen molar-refractivity contribution in [2.45, 2.75) is 115 Å². The van der Waals surface area contributed by atoms with Crippen molar-refractivity contribution in [3.05, 3.63) is 166 Å². The van der Waals surface area contributed by atoms with Crippen LogP contribution in [0.15, 0.2) is 128 Å². The minimum absolute atomic E-state index is 0.165. The molecule has 2 fully saturated rings. The predicted molar refractivity (Wildman–Crippen MR) is 403 cm³/mol. The Morgan fingerprint density at radius 2 is 1.03 bits per heavy atom. The summed E-state index contributed by atoms with van der Waals surface area (Å²) in [5.74, 6) is 5.65. The van der Waals surface area contributed by atoms with Crippen LogP contribution < -0.4 is 47.5 Å². The van der Waals surface area contributed by atoms with Gasteiger partial charge in [0.1, 0.15) is 37.7 Å². The van der Waals surface area contributed by atoms with Gasteiger partial charge in [0.2, 0.25) is 5.79 Å². The first-order chi connectivity index (χ1) is 49.1. The van der Waals surface area contributed by atoms with Crippen LogP contribution >= 0.6 is 23.2 Å². The average molecular weight is 1440 g/mol. The van der Waals surface area contributed by atoms with E-state index in [0.29, 0.717) is 64.4 Å². The average Bonchev–Trinajstić information content (AvgIpc) is 1.59. The number of halogens is 2. The quantitative estimate of drug-likeness (QED) is 0.0369. The fourth-order valence-corrected chi connectivity index (χ4v) is 13.7. The maximum atomic E-state index is 10.2. The van der Waals surface area contributed by atoms with Crippen molar-refractivity contribution in [1.82, 2.24) is 29.5 Å². The smallest absolute Gasteiger partial charge is 0.217 e. The Labute approximate surface area is 616 Å². The van der Waals surface area contributed by atoms with E-state index < -0.39 is 16.6 Å². The topological polar surface area (TPSA) is 193 Å². The fourth-order valence-electron chi connectivity index (χ4n) is 13.2. The first kappa shape index (κ1) is 81.1. The molecule has 102 heavy (non-hydrogen) atoms. The Morgan fingerprint density at radius 1 is 0.569 bits per heavy atom. The Bertz CT molecular complexity index is 3630. The second-order valence-electron chi connectivity index (χ2n) is 26.8. The Hall–Kier alpha value is -8.18. The third-order valence-electron chi connectivity index (χ3n) is 19.6. The maximum Gasteiger partial charge on any atom is 0.217 e. The van der Waals surface area contributed by atoms with Crippen LogP contribution in [0, 0.1) is 34.5 Å². The highest BCUT2D eigenvalue weighted by molar-refractivity contribution is 6.35. The van der Waals surface area contributed by atoms with Gasteiger partial charge in [-0.25, -0.2) is 9.67 Å². The molecule has 3 heterocycles. The van der Waals surface area contributed by atoms with Crippen LogP contribution in [0.1, 0.15) is 95.0 Å². The zero-order valence-corrected chi connectivity index (χ0v) is 64.2. The van der Waals surface area contributed by atoms with Crippen LogP contribution in [-0.2, 0) is 45.5 Å². The lowest BCUT2D eigenvalue weighted by atomic mass is 9.69. The van der Waals surface area contributed by atoms with Gasteiger partial charge in [0.25, 0.3) is 0 Å². The summed E-state index contributed by atoms with van der Waals surface area (Å²) in [5.41, 5.74) is 5.12. The van der Waals surface area contributed by atoms with Gasteiger partial charge in [-0.1, -0.05) is 81.2 Å². The number of benzene rings is 6. The number of anilines is 1. The van der Waals surface area contributed by atoms with Gasteiger partial charge in [0.15, 0.2) is 46.0 Å². The van der Waals surface area contributed by atoms with E-state index in [0.717, 1.165) is 131 Å². The van der Waals surface area contributed by atoms with Gasteiger partial charge in [-0.2, -0.15) is 15.6 Å². The molecular formula is C80H107Cl2N9O11. The Balaban J connectivity index is 0.000000215. The van der Waals surface area contributed by atoms with Crippen molar-refractivity contribution in [3.63, 3.8) is 0 Å². The monoisotopic (exact) mass is 1440 g/mol. The molecule has 0 bridgehead atoms. The van der Waals surface area contributed by atoms with Gasteiger partial charge < -0.3 is 66.8 Å². The number of ether oxygens (including phenoxy) is 11. The molecule has 20 nitrogen and oxygen atoms in total. The number of hydrogen-bond acceptors (Lipinski definition) is 19. The summed E-state index contributed by atoms with van der Waals surface area (Å²) in [7, 11) is 17.3. The zero-order chi connectivity index (χ0) is 74.0.